The molecule has 0 bridgehead atoms. The Bertz CT molecular complexity index is 1090. The number of hydrogen-bond donors (Lipinski definition) is 0. The second kappa shape index (κ2) is 10.7. The number of nitrogens with zero attached hydrogens (tertiary/aromatic N) is 4. The SMILES string of the molecule is O=C(CN1CCN(c2ccc(S(=O)(=O)Cc3ccccc3)cc2)CC1)N1CCN(C2CCC2)CC1. The Labute approximate surface area is 209 Å². The number of rotatable bonds is 7. The average Bonchev–Trinajstić information content (AvgIpc) is 2.84. The zero-order chi connectivity index (χ0) is 24.3. The van der Waals surface area contributed by atoms with Crippen molar-refractivity contribution in [3.8, 4) is 0 Å². The van der Waals surface area contributed by atoms with Gasteiger partial charge in [-0.05, 0) is 42.7 Å². The largest absolute Gasteiger partial charge is 0.369 e. The highest BCUT2D eigenvalue weighted by Crippen LogP contribution is 2.26. The van der Waals surface area contributed by atoms with Crippen molar-refractivity contribution in [2.45, 2.75) is 36.0 Å². The standard InChI is InChI=1S/C27H36N4O3S/c32-27(31-19-17-30(18-20-31)24-7-4-8-24)21-28-13-15-29(16-14-28)25-9-11-26(12-10-25)35(33,34)22-23-5-2-1-3-6-23/h1-3,5-6,9-12,24H,4,7-8,13-22H2. The highest BCUT2D eigenvalue weighted by atomic mass is 32.2. The van der Waals surface area contributed by atoms with Crippen molar-refractivity contribution in [3.05, 3.63) is 60.2 Å². The third kappa shape index (κ3) is 5.88. The fraction of sp³-hybridized carbons (Fsp3) is 0.519. The van der Waals surface area contributed by atoms with Crippen molar-refractivity contribution in [2.24, 2.45) is 0 Å². The molecule has 1 amide bonds. The molecule has 7 nitrogen and oxygen atoms in total. The van der Waals surface area contributed by atoms with E-state index in [1.807, 2.05) is 47.4 Å². The molecule has 5 rings (SSSR count). The van der Waals surface area contributed by atoms with Crippen molar-refractivity contribution in [1.82, 2.24) is 14.7 Å². The normalized spacial score (nSPS) is 20.6. The molecule has 1 aliphatic carbocycles. The van der Waals surface area contributed by atoms with Crippen molar-refractivity contribution in [3.63, 3.8) is 0 Å². The first kappa shape index (κ1) is 24.3. The van der Waals surface area contributed by atoms with Crippen LogP contribution in [-0.2, 0) is 20.4 Å². The molecule has 3 fully saturated rings. The first-order valence-electron chi connectivity index (χ1n) is 12.8. The highest BCUT2D eigenvalue weighted by Gasteiger charge is 2.30. The van der Waals surface area contributed by atoms with Gasteiger partial charge in [-0.15, -0.1) is 0 Å². The number of carbonyl (C=O) groups is 1. The zero-order valence-electron chi connectivity index (χ0n) is 20.4. The highest BCUT2D eigenvalue weighted by molar-refractivity contribution is 7.90. The summed E-state index contributed by atoms with van der Waals surface area (Å²) in [7, 11) is -3.37. The molecular formula is C27H36N4O3S. The van der Waals surface area contributed by atoms with Gasteiger partial charge in [-0.1, -0.05) is 36.8 Å². The molecule has 2 aliphatic heterocycles. The number of benzene rings is 2. The lowest BCUT2D eigenvalue weighted by Gasteiger charge is -2.43. The van der Waals surface area contributed by atoms with Crippen LogP contribution in [0.5, 0.6) is 0 Å². The van der Waals surface area contributed by atoms with E-state index in [-0.39, 0.29) is 11.7 Å². The summed E-state index contributed by atoms with van der Waals surface area (Å²) in [5.74, 6) is 0.259. The molecular weight excluding hydrogens is 460 g/mol. The lowest BCUT2D eigenvalue weighted by atomic mass is 9.91. The van der Waals surface area contributed by atoms with Gasteiger partial charge in [0, 0.05) is 64.1 Å². The second-order valence-electron chi connectivity index (χ2n) is 10.0. The molecule has 188 valence electrons. The van der Waals surface area contributed by atoms with Crippen LogP contribution in [0, 0.1) is 0 Å². The van der Waals surface area contributed by atoms with Gasteiger partial charge in [0.2, 0.25) is 5.91 Å². The minimum Gasteiger partial charge on any atom is -0.369 e. The molecule has 1 saturated carbocycles. The maximum absolute atomic E-state index is 12.8. The van der Waals surface area contributed by atoms with Gasteiger partial charge >= 0.3 is 0 Å². The van der Waals surface area contributed by atoms with Gasteiger partial charge in [-0.3, -0.25) is 14.6 Å². The lowest BCUT2D eigenvalue weighted by molar-refractivity contribution is -0.134. The smallest absolute Gasteiger partial charge is 0.236 e. The van der Waals surface area contributed by atoms with Crippen molar-refractivity contribution in [2.75, 3.05) is 63.8 Å². The number of hydrogen-bond acceptors (Lipinski definition) is 6. The quantitative estimate of drug-likeness (QED) is 0.587. The second-order valence-corrected chi connectivity index (χ2v) is 12.0. The van der Waals surface area contributed by atoms with Crippen LogP contribution in [0.15, 0.2) is 59.5 Å². The Hall–Kier alpha value is -2.42. The van der Waals surface area contributed by atoms with Crippen LogP contribution in [0.1, 0.15) is 24.8 Å². The molecule has 0 atom stereocenters. The van der Waals surface area contributed by atoms with Crippen molar-refractivity contribution >= 4 is 21.4 Å². The average molecular weight is 497 g/mol. The first-order chi connectivity index (χ1) is 17.0. The molecule has 35 heavy (non-hydrogen) atoms. The van der Waals surface area contributed by atoms with Crippen LogP contribution in [0.3, 0.4) is 0 Å². The monoisotopic (exact) mass is 496 g/mol. The van der Waals surface area contributed by atoms with E-state index in [1.165, 1.54) is 19.3 Å². The predicted molar refractivity (Wildman–Crippen MR) is 138 cm³/mol. The van der Waals surface area contributed by atoms with Crippen LogP contribution in [0.4, 0.5) is 5.69 Å². The van der Waals surface area contributed by atoms with Crippen molar-refractivity contribution < 1.29 is 13.2 Å². The summed E-state index contributed by atoms with van der Waals surface area (Å²) >= 11 is 0. The Morgan fingerprint density at radius 3 is 2.06 bits per heavy atom. The minimum absolute atomic E-state index is 0.00944. The van der Waals surface area contributed by atoms with Gasteiger partial charge in [-0.2, -0.15) is 0 Å². The van der Waals surface area contributed by atoms with Gasteiger partial charge in [0.25, 0.3) is 0 Å². The van der Waals surface area contributed by atoms with E-state index in [0.29, 0.717) is 11.4 Å². The van der Waals surface area contributed by atoms with E-state index in [4.69, 9.17) is 0 Å². The van der Waals surface area contributed by atoms with E-state index in [2.05, 4.69) is 14.7 Å². The fourth-order valence-electron chi connectivity index (χ4n) is 5.29. The van der Waals surface area contributed by atoms with Crippen molar-refractivity contribution in [1.29, 1.82) is 0 Å². The number of sulfone groups is 1. The summed E-state index contributed by atoms with van der Waals surface area (Å²) in [5, 5.41) is 0. The third-order valence-electron chi connectivity index (χ3n) is 7.75. The minimum atomic E-state index is -3.37. The van der Waals surface area contributed by atoms with E-state index in [9.17, 15) is 13.2 Å². The summed E-state index contributed by atoms with van der Waals surface area (Å²) in [6.45, 7) is 7.57. The maximum atomic E-state index is 12.8. The molecule has 0 unspecified atom stereocenters. The molecule has 3 aliphatic rings. The van der Waals surface area contributed by atoms with E-state index in [1.54, 1.807) is 12.1 Å². The van der Waals surface area contributed by atoms with Gasteiger partial charge in [0.1, 0.15) is 0 Å². The summed E-state index contributed by atoms with van der Waals surface area (Å²) in [6, 6.07) is 17.3. The summed E-state index contributed by atoms with van der Waals surface area (Å²) in [6.07, 6.45) is 4.00. The van der Waals surface area contributed by atoms with Gasteiger partial charge < -0.3 is 9.80 Å². The van der Waals surface area contributed by atoms with E-state index < -0.39 is 9.84 Å². The molecule has 0 spiro atoms. The summed E-state index contributed by atoms with van der Waals surface area (Å²) < 4.78 is 25.6. The fourth-order valence-corrected chi connectivity index (χ4v) is 6.63. The maximum Gasteiger partial charge on any atom is 0.236 e. The van der Waals surface area contributed by atoms with Gasteiger partial charge in [-0.25, -0.2) is 8.42 Å². The number of piperazine rings is 2. The van der Waals surface area contributed by atoms with Crippen LogP contribution < -0.4 is 4.90 Å². The Balaban J connectivity index is 1.08. The van der Waals surface area contributed by atoms with E-state index in [0.717, 1.165) is 69.7 Å². The topological polar surface area (TPSA) is 64.2 Å². The van der Waals surface area contributed by atoms with Crippen LogP contribution in [0.25, 0.3) is 0 Å². The Kier molecular flexibility index (Phi) is 7.41. The lowest BCUT2D eigenvalue weighted by Crippen LogP contribution is -2.56. The third-order valence-corrected chi connectivity index (χ3v) is 9.45. The predicted octanol–water partition coefficient (Wildman–Crippen LogP) is 2.48. The molecule has 0 radical (unpaired) electrons. The van der Waals surface area contributed by atoms with Crippen LogP contribution >= 0.6 is 0 Å². The van der Waals surface area contributed by atoms with Crippen LogP contribution in [-0.4, -0.2) is 94.0 Å². The molecule has 0 N–H and O–H groups in total. The van der Waals surface area contributed by atoms with Gasteiger partial charge in [0.15, 0.2) is 9.84 Å². The summed E-state index contributed by atoms with van der Waals surface area (Å²) in [4.78, 5) is 22.3. The van der Waals surface area contributed by atoms with Crippen LogP contribution in [0.2, 0.25) is 0 Å². The first-order valence-corrected chi connectivity index (χ1v) is 14.5. The number of anilines is 1. The zero-order valence-corrected chi connectivity index (χ0v) is 21.2. The summed E-state index contributed by atoms with van der Waals surface area (Å²) in [5.41, 5.74) is 1.82. The number of carbonyl (C=O) groups excluding carboxylic acids is 1. The molecule has 2 heterocycles. The molecule has 2 saturated heterocycles. The van der Waals surface area contributed by atoms with Gasteiger partial charge in [0.05, 0.1) is 17.2 Å². The molecule has 2 aromatic rings. The van der Waals surface area contributed by atoms with E-state index >= 15 is 0 Å². The number of amides is 1. The Morgan fingerprint density at radius 1 is 0.800 bits per heavy atom. The molecule has 8 heteroatoms. The molecule has 0 aromatic heterocycles. The Morgan fingerprint density at radius 2 is 1.46 bits per heavy atom. The molecule has 2 aromatic carbocycles.